The van der Waals surface area contributed by atoms with E-state index in [0.717, 1.165) is 32.2 Å². The molecule has 118 valence electrons. The Bertz CT molecular complexity index is 456. The van der Waals surface area contributed by atoms with Gasteiger partial charge in [0.15, 0.2) is 0 Å². The number of halogens is 3. The first-order valence-electron chi connectivity index (χ1n) is 7.06. The third kappa shape index (κ3) is 4.31. The molecule has 2 heterocycles. The highest BCUT2D eigenvalue weighted by atomic mass is 19.4. The van der Waals surface area contributed by atoms with Gasteiger partial charge in [0.05, 0.1) is 5.56 Å². The molecule has 0 saturated carbocycles. The maximum atomic E-state index is 12.9. The summed E-state index contributed by atoms with van der Waals surface area (Å²) in [7, 11) is 2.07. The Hall–Kier alpha value is -1.34. The number of rotatable bonds is 4. The smallest absolute Gasteiger partial charge is 0.368 e. The highest BCUT2D eigenvalue weighted by Gasteiger charge is 2.34. The first-order chi connectivity index (χ1) is 9.88. The van der Waals surface area contributed by atoms with E-state index in [2.05, 4.69) is 27.1 Å². The topological polar surface area (TPSA) is 31.4 Å². The van der Waals surface area contributed by atoms with Gasteiger partial charge in [-0.3, -0.25) is 4.90 Å². The Morgan fingerprint density at radius 3 is 2.57 bits per heavy atom. The second kappa shape index (κ2) is 6.62. The monoisotopic (exact) mass is 302 g/mol. The number of hydrogen-bond donors (Lipinski definition) is 1. The van der Waals surface area contributed by atoms with Crippen LogP contribution in [0.15, 0.2) is 18.3 Å². The Labute approximate surface area is 122 Å². The normalized spacial score (nSPS) is 19.5. The number of aromatic nitrogens is 1. The van der Waals surface area contributed by atoms with Crippen molar-refractivity contribution >= 4 is 5.82 Å². The summed E-state index contributed by atoms with van der Waals surface area (Å²) >= 11 is 0. The first kappa shape index (κ1) is 16.0. The lowest BCUT2D eigenvalue weighted by Crippen LogP contribution is -2.50. The maximum absolute atomic E-state index is 12.9. The minimum absolute atomic E-state index is 0.0917. The SMILES string of the molecule is CC(CNc1ncccc1C(F)(F)F)N1CCN(C)CC1. The van der Waals surface area contributed by atoms with Crippen LogP contribution in [0, 0.1) is 0 Å². The number of piperazine rings is 1. The van der Waals surface area contributed by atoms with Crippen molar-refractivity contribution in [2.75, 3.05) is 45.1 Å². The molecule has 1 saturated heterocycles. The average molecular weight is 302 g/mol. The fraction of sp³-hybridized carbons (Fsp3) is 0.643. The largest absolute Gasteiger partial charge is 0.419 e. The van der Waals surface area contributed by atoms with Gasteiger partial charge in [-0.05, 0) is 26.1 Å². The molecular weight excluding hydrogens is 281 g/mol. The lowest BCUT2D eigenvalue weighted by atomic mass is 10.2. The molecule has 21 heavy (non-hydrogen) atoms. The first-order valence-corrected chi connectivity index (χ1v) is 7.06. The second-order valence-corrected chi connectivity index (χ2v) is 5.47. The summed E-state index contributed by atoms with van der Waals surface area (Å²) in [5, 5.41) is 2.84. The minimum Gasteiger partial charge on any atom is -0.368 e. The van der Waals surface area contributed by atoms with Crippen molar-refractivity contribution in [3.63, 3.8) is 0 Å². The third-order valence-corrected chi connectivity index (χ3v) is 3.84. The van der Waals surface area contributed by atoms with Crippen LogP contribution in [-0.2, 0) is 6.18 Å². The molecule has 1 N–H and O–H groups in total. The van der Waals surface area contributed by atoms with E-state index in [0.29, 0.717) is 6.54 Å². The molecule has 2 rings (SSSR count). The van der Waals surface area contributed by atoms with Gasteiger partial charge in [-0.25, -0.2) is 4.98 Å². The average Bonchev–Trinajstić information content (AvgIpc) is 2.45. The van der Waals surface area contributed by atoms with Crippen molar-refractivity contribution in [1.29, 1.82) is 0 Å². The van der Waals surface area contributed by atoms with Crippen molar-refractivity contribution in [3.8, 4) is 0 Å². The van der Waals surface area contributed by atoms with E-state index in [-0.39, 0.29) is 11.9 Å². The summed E-state index contributed by atoms with van der Waals surface area (Å²) in [5.74, 6) is -0.0917. The van der Waals surface area contributed by atoms with Crippen LogP contribution in [0.1, 0.15) is 12.5 Å². The molecule has 4 nitrogen and oxygen atoms in total. The predicted molar refractivity (Wildman–Crippen MR) is 76.3 cm³/mol. The number of pyridine rings is 1. The van der Waals surface area contributed by atoms with Gasteiger partial charge >= 0.3 is 6.18 Å². The molecule has 0 spiro atoms. The summed E-state index contributed by atoms with van der Waals surface area (Å²) in [4.78, 5) is 8.34. The van der Waals surface area contributed by atoms with E-state index < -0.39 is 11.7 Å². The van der Waals surface area contributed by atoms with Crippen LogP contribution in [0.2, 0.25) is 0 Å². The molecule has 1 atom stereocenters. The van der Waals surface area contributed by atoms with Crippen molar-refractivity contribution < 1.29 is 13.2 Å². The zero-order valence-electron chi connectivity index (χ0n) is 12.3. The van der Waals surface area contributed by atoms with Crippen molar-refractivity contribution in [2.24, 2.45) is 0 Å². The fourth-order valence-corrected chi connectivity index (χ4v) is 2.41. The lowest BCUT2D eigenvalue weighted by Gasteiger charge is -2.36. The van der Waals surface area contributed by atoms with Crippen LogP contribution >= 0.6 is 0 Å². The summed E-state index contributed by atoms with van der Waals surface area (Å²) in [5.41, 5.74) is -0.712. The van der Waals surface area contributed by atoms with Gasteiger partial charge in [0.25, 0.3) is 0 Å². The molecule has 1 fully saturated rings. The van der Waals surface area contributed by atoms with Crippen LogP contribution in [0.3, 0.4) is 0 Å². The second-order valence-electron chi connectivity index (χ2n) is 5.47. The highest BCUT2D eigenvalue weighted by molar-refractivity contribution is 5.45. The highest BCUT2D eigenvalue weighted by Crippen LogP contribution is 2.33. The van der Waals surface area contributed by atoms with E-state index in [9.17, 15) is 13.2 Å². The number of alkyl halides is 3. The summed E-state index contributed by atoms with van der Waals surface area (Å²) in [6, 6.07) is 2.52. The van der Waals surface area contributed by atoms with Crippen molar-refractivity contribution in [2.45, 2.75) is 19.1 Å². The number of nitrogens with zero attached hydrogens (tertiary/aromatic N) is 3. The number of hydrogen-bond acceptors (Lipinski definition) is 4. The third-order valence-electron chi connectivity index (χ3n) is 3.84. The van der Waals surface area contributed by atoms with Gasteiger partial charge < -0.3 is 10.2 Å². The van der Waals surface area contributed by atoms with E-state index in [1.165, 1.54) is 12.3 Å². The predicted octanol–water partition coefficient (Wildman–Crippen LogP) is 2.15. The van der Waals surface area contributed by atoms with Crippen LogP contribution < -0.4 is 5.32 Å². The molecule has 1 aliphatic heterocycles. The lowest BCUT2D eigenvalue weighted by molar-refractivity contribution is -0.137. The van der Waals surface area contributed by atoms with Gasteiger partial charge in [-0.15, -0.1) is 0 Å². The van der Waals surface area contributed by atoms with E-state index in [4.69, 9.17) is 0 Å². The van der Waals surface area contributed by atoms with Gasteiger partial charge in [0.1, 0.15) is 5.82 Å². The number of anilines is 1. The molecule has 1 unspecified atom stereocenters. The molecule has 0 radical (unpaired) electrons. The molecule has 0 aliphatic carbocycles. The fourth-order valence-electron chi connectivity index (χ4n) is 2.41. The zero-order chi connectivity index (χ0) is 15.5. The summed E-state index contributed by atoms with van der Waals surface area (Å²) in [6.45, 7) is 6.32. The van der Waals surface area contributed by atoms with Crippen LogP contribution in [0.5, 0.6) is 0 Å². The number of likely N-dealkylation sites (N-methyl/N-ethyl adjacent to an activating group) is 1. The standard InChI is InChI=1S/C14H21F3N4/c1-11(21-8-6-20(2)7-9-21)10-19-13-12(14(15,16)17)4-3-5-18-13/h3-5,11H,6-10H2,1-2H3,(H,18,19). The minimum atomic E-state index is -4.38. The molecule has 0 aromatic carbocycles. The van der Waals surface area contributed by atoms with Crippen LogP contribution in [-0.4, -0.2) is 60.6 Å². The van der Waals surface area contributed by atoms with Gasteiger partial charge in [-0.2, -0.15) is 13.2 Å². The van der Waals surface area contributed by atoms with E-state index in [1.54, 1.807) is 0 Å². The molecule has 0 amide bonds. The summed E-state index contributed by atoms with van der Waals surface area (Å²) < 4.78 is 38.6. The zero-order valence-corrected chi connectivity index (χ0v) is 12.3. The summed E-state index contributed by atoms with van der Waals surface area (Å²) in [6.07, 6.45) is -3.01. The van der Waals surface area contributed by atoms with Crippen molar-refractivity contribution in [1.82, 2.24) is 14.8 Å². The van der Waals surface area contributed by atoms with Crippen LogP contribution in [0.25, 0.3) is 0 Å². The molecule has 0 bridgehead atoms. The van der Waals surface area contributed by atoms with Crippen LogP contribution in [0.4, 0.5) is 19.0 Å². The molecule has 1 aromatic rings. The van der Waals surface area contributed by atoms with Gasteiger partial charge in [-0.1, -0.05) is 0 Å². The molecule has 1 aromatic heterocycles. The molecule has 1 aliphatic rings. The maximum Gasteiger partial charge on any atom is 0.419 e. The van der Waals surface area contributed by atoms with E-state index in [1.807, 2.05) is 6.92 Å². The Morgan fingerprint density at radius 1 is 1.29 bits per heavy atom. The van der Waals surface area contributed by atoms with Gasteiger partial charge in [0, 0.05) is 45.0 Å². The quantitative estimate of drug-likeness (QED) is 0.923. The Kier molecular flexibility index (Phi) is 5.05. The molecular formula is C14H21F3N4. The Morgan fingerprint density at radius 2 is 1.95 bits per heavy atom. The number of nitrogens with one attached hydrogen (secondary N) is 1. The van der Waals surface area contributed by atoms with E-state index >= 15 is 0 Å². The molecule has 7 heteroatoms. The Balaban J connectivity index is 1.94. The van der Waals surface area contributed by atoms with Crippen molar-refractivity contribution in [3.05, 3.63) is 23.9 Å². The van der Waals surface area contributed by atoms with Gasteiger partial charge in [0.2, 0.25) is 0 Å².